The van der Waals surface area contributed by atoms with Crippen LogP contribution in [-0.2, 0) is 9.59 Å². The van der Waals surface area contributed by atoms with Crippen molar-refractivity contribution in [3.05, 3.63) is 28.2 Å². The zero-order chi connectivity index (χ0) is 18.1. The second kappa shape index (κ2) is 6.90. The predicted octanol–water partition coefficient (Wildman–Crippen LogP) is 3.36. The quantitative estimate of drug-likeness (QED) is 0.698. The van der Waals surface area contributed by atoms with Gasteiger partial charge in [-0.05, 0) is 52.7 Å². The number of halogens is 2. The van der Waals surface area contributed by atoms with Crippen LogP contribution in [-0.4, -0.2) is 28.9 Å². The molecule has 1 fully saturated rings. The molecule has 5 nitrogen and oxygen atoms in total. The number of amides is 2. The van der Waals surface area contributed by atoms with Gasteiger partial charge >= 0.3 is 11.8 Å². The molecule has 132 valence electrons. The normalized spacial score (nSPS) is 19.6. The first kappa shape index (κ1) is 19.0. The molecule has 2 amide bonds. The molecule has 0 aliphatic carbocycles. The molecule has 1 aromatic rings. The summed E-state index contributed by atoms with van der Waals surface area (Å²) in [6, 6.07) is 4.77. The van der Waals surface area contributed by atoms with Gasteiger partial charge in [-0.15, -0.1) is 0 Å². The fraction of sp³-hybridized carbons (Fsp3) is 0.529. The fourth-order valence-electron chi connectivity index (χ4n) is 3.46. The molecule has 1 aromatic carbocycles. The van der Waals surface area contributed by atoms with E-state index in [9.17, 15) is 9.59 Å². The first-order valence-electron chi connectivity index (χ1n) is 7.84. The van der Waals surface area contributed by atoms with Gasteiger partial charge in [-0.3, -0.25) is 9.59 Å². The molecule has 0 bridgehead atoms. The number of carbonyl (C=O) groups excluding carboxylic acids is 2. The highest BCUT2D eigenvalue weighted by Crippen LogP contribution is 2.30. The number of para-hydroxylation sites is 1. The van der Waals surface area contributed by atoms with Crippen LogP contribution in [0.3, 0.4) is 0 Å². The van der Waals surface area contributed by atoms with Gasteiger partial charge in [0.25, 0.3) is 0 Å². The molecular formula is C17H23Cl2N3O2. The Morgan fingerprint density at radius 3 is 2.04 bits per heavy atom. The summed E-state index contributed by atoms with van der Waals surface area (Å²) in [5, 5.41) is 9.39. The van der Waals surface area contributed by atoms with Gasteiger partial charge in [0.2, 0.25) is 0 Å². The first-order chi connectivity index (χ1) is 11.0. The van der Waals surface area contributed by atoms with Crippen LogP contribution in [0.15, 0.2) is 18.2 Å². The molecule has 3 N–H and O–H groups in total. The Labute approximate surface area is 152 Å². The van der Waals surface area contributed by atoms with Gasteiger partial charge in [0.1, 0.15) is 0 Å². The fourth-order valence-corrected chi connectivity index (χ4v) is 3.95. The molecule has 1 heterocycles. The van der Waals surface area contributed by atoms with E-state index in [-0.39, 0.29) is 32.9 Å². The molecule has 0 saturated carbocycles. The monoisotopic (exact) mass is 371 g/mol. The van der Waals surface area contributed by atoms with Crippen molar-refractivity contribution in [3.63, 3.8) is 0 Å². The predicted molar refractivity (Wildman–Crippen MR) is 97.6 cm³/mol. The minimum absolute atomic E-state index is 0.0868. The molecule has 0 spiro atoms. The largest absolute Gasteiger partial charge is 0.345 e. The molecule has 2 rings (SSSR count). The van der Waals surface area contributed by atoms with Crippen LogP contribution >= 0.6 is 23.2 Å². The van der Waals surface area contributed by atoms with Gasteiger partial charge in [-0.2, -0.15) is 0 Å². The molecule has 24 heavy (non-hydrogen) atoms. The van der Waals surface area contributed by atoms with E-state index in [0.29, 0.717) is 0 Å². The molecule has 0 atom stereocenters. The summed E-state index contributed by atoms with van der Waals surface area (Å²) in [6.07, 6.45) is 1.48. The number of hydrogen-bond acceptors (Lipinski definition) is 3. The average Bonchev–Trinajstić information content (AvgIpc) is 2.39. The minimum Gasteiger partial charge on any atom is -0.345 e. The zero-order valence-electron chi connectivity index (χ0n) is 14.3. The highest BCUT2D eigenvalue weighted by molar-refractivity contribution is 6.44. The third kappa shape index (κ3) is 4.85. The zero-order valence-corrected chi connectivity index (χ0v) is 15.8. The van der Waals surface area contributed by atoms with Crippen LogP contribution in [0.4, 0.5) is 5.69 Å². The molecule has 0 aromatic heterocycles. The summed E-state index contributed by atoms with van der Waals surface area (Å²) in [5.74, 6) is -1.47. The van der Waals surface area contributed by atoms with Gasteiger partial charge in [0.05, 0.1) is 15.7 Å². The second-order valence-corrected chi connectivity index (χ2v) is 8.34. The highest BCUT2D eigenvalue weighted by Gasteiger charge is 2.38. The highest BCUT2D eigenvalue weighted by atomic mass is 35.5. The van der Waals surface area contributed by atoms with E-state index < -0.39 is 11.8 Å². The maximum absolute atomic E-state index is 12.2. The Hall–Kier alpha value is -1.30. The van der Waals surface area contributed by atoms with Crippen LogP contribution in [0.25, 0.3) is 0 Å². The molecule has 0 unspecified atom stereocenters. The minimum atomic E-state index is -0.779. The van der Waals surface area contributed by atoms with E-state index in [1.54, 1.807) is 18.2 Å². The molecule has 1 aliphatic rings. The Morgan fingerprint density at radius 1 is 1.04 bits per heavy atom. The standard InChI is InChI=1S/C17H23Cl2N3O2/c1-16(2)8-10(9-17(3,4)22-16)20-14(23)15(24)21-13-11(18)6-5-7-12(13)19/h5-7,10,22H,8-9H2,1-4H3,(H,20,23)(H,21,24). The van der Waals surface area contributed by atoms with E-state index in [4.69, 9.17) is 23.2 Å². The number of rotatable bonds is 2. The van der Waals surface area contributed by atoms with Crippen LogP contribution in [0.2, 0.25) is 10.0 Å². The molecule has 1 aliphatic heterocycles. The number of carbonyl (C=O) groups is 2. The molecule has 0 radical (unpaired) electrons. The van der Waals surface area contributed by atoms with E-state index in [0.717, 1.165) is 12.8 Å². The SMILES string of the molecule is CC1(C)CC(NC(=O)C(=O)Nc2c(Cl)cccc2Cl)CC(C)(C)N1. The topological polar surface area (TPSA) is 70.2 Å². The summed E-state index contributed by atoms with van der Waals surface area (Å²) in [6.45, 7) is 8.32. The van der Waals surface area contributed by atoms with Crippen molar-refractivity contribution in [3.8, 4) is 0 Å². The van der Waals surface area contributed by atoms with Gasteiger partial charge < -0.3 is 16.0 Å². The van der Waals surface area contributed by atoms with Crippen molar-refractivity contribution in [2.24, 2.45) is 0 Å². The van der Waals surface area contributed by atoms with Crippen molar-refractivity contribution < 1.29 is 9.59 Å². The van der Waals surface area contributed by atoms with Gasteiger partial charge in [0.15, 0.2) is 0 Å². The lowest BCUT2D eigenvalue weighted by atomic mass is 9.79. The van der Waals surface area contributed by atoms with Crippen molar-refractivity contribution in [1.82, 2.24) is 10.6 Å². The van der Waals surface area contributed by atoms with E-state index >= 15 is 0 Å². The van der Waals surface area contributed by atoms with Crippen LogP contribution in [0, 0.1) is 0 Å². The van der Waals surface area contributed by atoms with Crippen molar-refractivity contribution >= 4 is 40.7 Å². The number of anilines is 1. The van der Waals surface area contributed by atoms with Crippen LogP contribution in [0.5, 0.6) is 0 Å². The summed E-state index contributed by atoms with van der Waals surface area (Å²) in [4.78, 5) is 24.4. The van der Waals surface area contributed by atoms with Crippen molar-refractivity contribution in [2.75, 3.05) is 5.32 Å². The number of benzene rings is 1. The average molecular weight is 372 g/mol. The third-order valence-electron chi connectivity index (χ3n) is 3.93. The van der Waals surface area contributed by atoms with Crippen molar-refractivity contribution in [2.45, 2.75) is 57.7 Å². The van der Waals surface area contributed by atoms with E-state index in [2.05, 4.69) is 43.6 Å². The summed E-state index contributed by atoms with van der Waals surface area (Å²) in [5.41, 5.74) is -0.00305. The smallest absolute Gasteiger partial charge is 0.313 e. The molecule has 1 saturated heterocycles. The first-order valence-corrected chi connectivity index (χ1v) is 8.60. The number of piperidine rings is 1. The van der Waals surface area contributed by atoms with Crippen LogP contribution in [0.1, 0.15) is 40.5 Å². The summed E-state index contributed by atoms with van der Waals surface area (Å²) in [7, 11) is 0. The Bertz CT molecular complexity index is 623. The van der Waals surface area contributed by atoms with Gasteiger partial charge in [-0.25, -0.2) is 0 Å². The van der Waals surface area contributed by atoms with Gasteiger partial charge in [0, 0.05) is 17.1 Å². The molecular weight excluding hydrogens is 349 g/mol. The summed E-state index contributed by atoms with van der Waals surface area (Å²) < 4.78 is 0. The lowest BCUT2D eigenvalue weighted by molar-refractivity contribution is -0.137. The van der Waals surface area contributed by atoms with E-state index in [1.165, 1.54) is 0 Å². The molecule has 7 heteroatoms. The third-order valence-corrected chi connectivity index (χ3v) is 4.56. The number of hydrogen-bond donors (Lipinski definition) is 3. The second-order valence-electron chi connectivity index (χ2n) is 7.52. The maximum atomic E-state index is 12.2. The summed E-state index contributed by atoms with van der Waals surface area (Å²) >= 11 is 12.0. The Balaban J connectivity index is 2.03. The maximum Gasteiger partial charge on any atom is 0.313 e. The van der Waals surface area contributed by atoms with E-state index in [1.807, 2.05) is 0 Å². The Kier molecular flexibility index (Phi) is 5.47. The number of nitrogens with one attached hydrogen (secondary N) is 3. The van der Waals surface area contributed by atoms with Gasteiger partial charge in [-0.1, -0.05) is 29.3 Å². The lowest BCUT2D eigenvalue weighted by Gasteiger charge is -2.46. The van der Waals surface area contributed by atoms with Crippen LogP contribution < -0.4 is 16.0 Å². The van der Waals surface area contributed by atoms with Crippen molar-refractivity contribution in [1.29, 1.82) is 0 Å². The Morgan fingerprint density at radius 2 is 1.54 bits per heavy atom. The lowest BCUT2D eigenvalue weighted by Crippen LogP contribution is -2.62.